The van der Waals surface area contributed by atoms with Gasteiger partial charge < -0.3 is 44.5 Å². The molecule has 0 amide bonds. The summed E-state index contributed by atoms with van der Waals surface area (Å²) in [7, 11) is 1.50. The van der Waals surface area contributed by atoms with Crippen molar-refractivity contribution in [1.29, 1.82) is 0 Å². The summed E-state index contributed by atoms with van der Waals surface area (Å²) in [4.78, 5) is 13.2. The van der Waals surface area contributed by atoms with Crippen molar-refractivity contribution in [1.82, 2.24) is 0 Å². The molecule has 0 spiro atoms. The minimum Gasteiger partial charge on any atom is -0.507 e. The molecule has 170 valence electrons. The van der Waals surface area contributed by atoms with Crippen molar-refractivity contribution in [2.75, 3.05) is 13.7 Å². The van der Waals surface area contributed by atoms with Gasteiger partial charge in [-0.1, -0.05) is 12.1 Å². The lowest BCUT2D eigenvalue weighted by Gasteiger charge is -2.40. The Hall–Kier alpha value is -3.15. The normalized spacial score (nSPS) is 25.7. The summed E-state index contributed by atoms with van der Waals surface area (Å²) < 4.78 is 16.2. The van der Waals surface area contributed by atoms with Crippen LogP contribution in [0.15, 0.2) is 45.8 Å². The van der Waals surface area contributed by atoms with E-state index in [1.807, 2.05) is 0 Å². The number of methoxy groups -OCH3 is 1. The van der Waals surface area contributed by atoms with Gasteiger partial charge in [0.05, 0.1) is 24.8 Å². The van der Waals surface area contributed by atoms with Crippen LogP contribution in [0.1, 0.15) is 11.7 Å². The highest BCUT2D eigenvalue weighted by molar-refractivity contribution is 5.91. The molecule has 2 aromatic carbocycles. The summed E-state index contributed by atoms with van der Waals surface area (Å²) in [6, 6.07) is 7.46. The van der Waals surface area contributed by atoms with Crippen LogP contribution in [0.25, 0.3) is 22.1 Å². The third kappa shape index (κ3) is 3.48. The summed E-state index contributed by atoms with van der Waals surface area (Å²) in [6.45, 7) is -0.677. The Morgan fingerprint density at radius 2 is 1.69 bits per heavy atom. The van der Waals surface area contributed by atoms with Gasteiger partial charge >= 0.3 is 0 Å². The molecule has 10 nitrogen and oxygen atoms in total. The second-order valence-electron chi connectivity index (χ2n) is 7.49. The largest absolute Gasteiger partial charge is 0.507 e. The summed E-state index contributed by atoms with van der Waals surface area (Å²) in [6.07, 6.45) is -6.61. The van der Waals surface area contributed by atoms with E-state index in [9.17, 15) is 35.4 Å². The fourth-order valence-corrected chi connectivity index (χ4v) is 3.88. The van der Waals surface area contributed by atoms with Gasteiger partial charge in [0.2, 0.25) is 5.43 Å². The molecule has 4 rings (SSSR count). The Balaban J connectivity index is 1.90. The molecule has 6 N–H and O–H groups in total. The van der Waals surface area contributed by atoms with E-state index in [-0.39, 0.29) is 22.1 Å². The van der Waals surface area contributed by atoms with Crippen molar-refractivity contribution >= 4 is 11.0 Å². The molecular formula is C22H22O10. The van der Waals surface area contributed by atoms with Crippen molar-refractivity contribution in [2.24, 2.45) is 0 Å². The number of aromatic hydroxyl groups is 2. The number of aliphatic hydroxyl groups is 4. The molecule has 5 atom stereocenters. The molecule has 1 fully saturated rings. The molecule has 1 aliphatic rings. The van der Waals surface area contributed by atoms with Crippen LogP contribution < -0.4 is 10.2 Å². The molecule has 0 bridgehead atoms. The van der Waals surface area contributed by atoms with E-state index in [1.54, 1.807) is 24.3 Å². The SMILES string of the molecule is COc1ccc(-c2coc3c([C@@H]4O[C@H](CO)[C@@H](O)[C@H](O)[C@H]4O)c(O)cc(O)c3c2=O)cc1. The van der Waals surface area contributed by atoms with E-state index in [1.165, 1.54) is 7.11 Å². The summed E-state index contributed by atoms with van der Waals surface area (Å²) in [5, 5.41) is 60.6. The first-order valence-electron chi connectivity index (χ1n) is 9.73. The Morgan fingerprint density at radius 3 is 2.31 bits per heavy atom. The Morgan fingerprint density at radius 1 is 1.00 bits per heavy atom. The molecule has 0 radical (unpaired) electrons. The standard InChI is InChI=1S/C22H22O10/c1-30-10-4-2-9(3-5-10)11-8-31-21-15(17(11)26)12(24)6-13(25)16(21)22-20(29)19(28)18(27)14(7-23)32-22/h2-6,8,14,18-20,22-25,27-29H,7H2,1H3/t14-,18-,19+,20-,22+/m1/s1. The number of fused-ring (bicyclic) bond motifs is 1. The summed E-state index contributed by atoms with van der Waals surface area (Å²) in [5.74, 6) is -0.550. The third-order valence-corrected chi connectivity index (χ3v) is 5.62. The van der Waals surface area contributed by atoms with Crippen LogP contribution in [0.5, 0.6) is 17.2 Å². The smallest absolute Gasteiger partial charge is 0.204 e. The molecule has 1 aliphatic heterocycles. The second-order valence-corrected chi connectivity index (χ2v) is 7.49. The molecule has 0 aliphatic carbocycles. The zero-order valence-electron chi connectivity index (χ0n) is 16.9. The van der Waals surface area contributed by atoms with E-state index >= 15 is 0 Å². The molecule has 32 heavy (non-hydrogen) atoms. The quantitative estimate of drug-likeness (QED) is 0.330. The van der Waals surface area contributed by atoms with E-state index in [2.05, 4.69) is 0 Å². The van der Waals surface area contributed by atoms with Crippen molar-refractivity contribution in [3.8, 4) is 28.4 Å². The molecule has 1 saturated heterocycles. The minimum atomic E-state index is -1.72. The number of hydrogen-bond acceptors (Lipinski definition) is 10. The van der Waals surface area contributed by atoms with Gasteiger partial charge in [0.15, 0.2) is 5.58 Å². The van der Waals surface area contributed by atoms with Gasteiger partial charge in [-0.25, -0.2) is 0 Å². The topological polar surface area (TPSA) is 170 Å². The predicted octanol–water partition coefficient (Wildman–Crippen LogP) is 0.395. The molecule has 3 aromatic rings. The van der Waals surface area contributed by atoms with E-state index in [4.69, 9.17) is 13.9 Å². The minimum absolute atomic E-state index is 0.126. The van der Waals surface area contributed by atoms with Crippen LogP contribution in [-0.2, 0) is 4.74 Å². The highest BCUT2D eigenvalue weighted by Gasteiger charge is 2.46. The van der Waals surface area contributed by atoms with E-state index < -0.39 is 54.1 Å². The lowest BCUT2D eigenvalue weighted by atomic mass is 9.89. The number of aliphatic hydroxyl groups excluding tert-OH is 4. The third-order valence-electron chi connectivity index (χ3n) is 5.62. The van der Waals surface area contributed by atoms with Gasteiger partial charge in [-0.15, -0.1) is 0 Å². The van der Waals surface area contributed by atoms with E-state index in [0.717, 1.165) is 12.3 Å². The number of ether oxygens (including phenoxy) is 2. The average Bonchev–Trinajstić information content (AvgIpc) is 2.79. The molecule has 10 heteroatoms. The summed E-state index contributed by atoms with van der Waals surface area (Å²) >= 11 is 0. The number of phenolic OH excluding ortho intramolecular Hbond substituents is 2. The zero-order chi connectivity index (χ0) is 23.2. The van der Waals surface area contributed by atoms with Gasteiger partial charge in [-0.2, -0.15) is 0 Å². The first kappa shape index (κ1) is 22.1. The molecular weight excluding hydrogens is 424 g/mol. The lowest BCUT2D eigenvalue weighted by Crippen LogP contribution is -2.55. The molecule has 2 heterocycles. The molecule has 0 saturated carbocycles. The van der Waals surface area contributed by atoms with E-state index in [0.29, 0.717) is 11.3 Å². The van der Waals surface area contributed by atoms with Crippen LogP contribution in [0, 0.1) is 0 Å². The molecule has 0 unspecified atom stereocenters. The van der Waals surface area contributed by atoms with Crippen LogP contribution in [0.4, 0.5) is 0 Å². The lowest BCUT2D eigenvalue weighted by molar-refractivity contribution is -0.231. The van der Waals surface area contributed by atoms with Crippen molar-refractivity contribution < 1.29 is 44.5 Å². The highest BCUT2D eigenvalue weighted by Crippen LogP contribution is 2.43. The van der Waals surface area contributed by atoms with Gasteiger partial charge in [-0.05, 0) is 17.7 Å². The van der Waals surface area contributed by atoms with Crippen LogP contribution >= 0.6 is 0 Å². The molecule has 1 aromatic heterocycles. The monoisotopic (exact) mass is 446 g/mol. The number of hydrogen-bond donors (Lipinski definition) is 6. The van der Waals surface area contributed by atoms with Gasteiger partial charge in [0.1, 0.15) is 59.4 Å². The maximum absolute atomic E-state index is 13.2. The fourth-order valence-electron chi connectivity index (χ4n) is 3.88. The number of benzene rings is 2. The van der Waals surface area contributed by atoms with Crippen molar-refractivity contribution in [3.05, 3.63) is 52.4 Å². The van der Waals surface area contributed by atoms with Crippen molar-refractivity contribution in [3.63, 3.8) is 0 Å². The van der Waals surface area contributed by atoms with Crippen LogP contribution in [0.2, 0.25) is 0 Å². The van der Waals surface area contributed by atoms with Gasteiger partial charge in [0.25, 0.3) is 0 Å². The fraction of sp³-hybridized carbons (Fsp3) is 0.318. The second kappa shape index (κ2) is 8.41. The predicted molar refractivity (Wildman–Crippen MR) is 111 cm³/mol. The van der Waals surface area contributed by atoms with Crippen LogP contribution in [0.3, 0.4) is 0 Å². The van der Waals surface area contributed by atoms with Crippen molar-refractivity contribution in [2.45, 2.75) is 30.5 Å². The van der Waals surface area contributed by atoms with Gasteiger partial charge in [-0.3, -0.25) is 4.79 Å². The maximum atomic E-state index is 13.2. The summed E-state index contributed by atoms with van der Waals surface area (Å²) in [5.41, 5.74) is -0.480. The first-order valence-corrected chi connectivity index (χ1v) is 9.73. The maximum Gasteiger partial charge on any atom is 0.204 e. The first-order chi connectivity index (χ1) is 15.3. The highest BCUT2D eigenvalue weighted by atomic mass is 16.5. The number of rotatable bonds is 4. The Kier molecular flexibility index (Phi) is 5.80. The number of phenols is 2. The van der Waals surface area contributed by atoms with Crippen LogP contribution in [-0.4, -0.2) is 68.8 Å². The zero-order valence-corrected chi connectivity index (χ0v) is 16.9. The Labute approximate surface area is 181 Å². The average molecular weight is 446 g/mol. The Bertz CT molecular complexity index is 1180. The van der Waals surface area contributed by atoms with Gasteiger partial charge in [0, 0.05) is 6.07 Å².